The Balaban J connectivity index is 2.18. The minimum Gasteiger partial charge on any atom is -0.389 e. The second-order valence-corrected chi connectivity index (χ2v) is 5.30. The van der Waals surface area contributed by atoms with Crippen LogP contribution in [0.4, 0.5) is 5.82 Å². The summed E-state index contributed by atoms with van der Waals surface area (Å²) >= 11 is 0. The molecular formula is C14H22N2O2. The number of aliphatic hydroxyl groups is 1. The number of anilines is 1. The summed E-state index contributed by atoms with van der Waals surface area (Å²) in [6, 6.07) is 3.82. The van der Waals surface area contributed by atoms with E-state index < -0.39 is 6.10 Å². The van der Waals surface area contributed by atoms with Crippen molar-refractivity contribution < 1.29 is 9.84 Å². The van der Waals surface area contributed by atoms with Gasteiger partial charge in [0.1, 0.15) is 5.82 Å². The molecule has 0 spiro atoms. The van der Waals surface area contributed by atoms with E-state index in [2.05, 4.69) is 16.8 Å². The molecule has 0 aromatic carbocycles. The zero-order valence-electron chi connectivity index (χ0n) is 11.4. The van der Waals surface area contributed by atoms with Gasteiger partial charge in [-0.05, 0) is 44.4 Å². The van der Waals surface area contributed by atoms with Crippen LogP contribution in [-0.4, -0.2) is 35.9 Å². The highest BCUT2D eigenvalue weighted by Crippen LogP contribution is 2.28. The fraction of sp³-hybridized carbons (Fsp3) is 0.643. The second kappa shape index (κ2) is 5.24. The highest BCUT2D eigenvalue weighted by Gasteiger charge is 2.31. The van der Waals surface area contributed by atoms with E-state index in [4.69, 9.17) is 4.74 Å². The van der Waals surface area contributed by atoms with E-state index in [-0.39, 0.29) is 5.60 Å². The summed E-state index contributed by atoms with van der Waals surface area (Å²) in [5.41, 5.74) is 0.811. The molecule has 100 valence electrons. The van der Waals surface area contributed by atoms with Crippen LogP contribution in [-0.2, 0) is 4.74 Å². The van der Waals surface area contributed by atoms with Crippen molar-refractivity contribution in [3.05, 3.63) is 23.9 Å². The van der Waals surface area contributed by atoms with Gasteiger partial charge in [0.15, 0.2) is 0 Å². The molecule has 1 N–H and O–H groups in total. The summed E-state index contributed by atoms with van der Waals surface area (Å²) in [4.78, 5) is 6.64. The molecule has 0 radical (unpaired) electrons. The molecule has 18 heavy (non-hydrogen) atoms. The third-order valence-electron chi connectivity index (χ3n) is 3.73. The van der Waals surface area contributed by atoms with Gasteiger partial charge in [0.05, 0.1) is 11.7 Å². The van der Waals surface area contributed by atoms with Gasteiger partial charge in [0.25, 0.3) is 0 Å². The zero-order chi connectivity index (χ0) is 13.2. The Kier molecular flexibility index (Phi) is 3.88. The molecule has 4 heteroatoms. The predicted molar refractivity (Wildman–Crippen MR) is 71.7 cm³/mol. The third kappa shape index (κ3) is 2.82. The van der Waals surface area contributed by atoms with Gasteiger partial charge in [-0.15, -0.1) is 0 Å². The Morgan fingerprint density at radius 2 is 2.33 bits per heavy atom. The highest BCUT2D eigenvalue weighted by atomic mass is 16.5. The maximum Gasteiger partial charge on any atom is 0.128 e. The lowest BCUT2D eigenvalue weighted by Crippen LogP contribution is -2.47. The Labute approximate surface area is 109 Å². The summed E-state index contributed by atoms with van der Waals surface area (Å²) in [5.74, 6) is 0.927. The maximum absolute atomic E-state index is 9.62. The third-order valence-corrected chi connectivity index (χ3v) is 3.73. The van der Waals surface area contributed by atoms with Crippen LogP contribution < -0.4 is 4.90 Å². The minimum atomic E-state index is -0.453. The number of piperidine rings is 1. The number of pyridine rings is 1. The lowest BCUT2D eigenvalue weighted by atomic mass is 9.94. The molecular weight excluding hydrogens is 228 g/mol. The Morgan fingerprint density at radius 3 is 3.00 bits per heavy atom. The number of rotatable bonds is 3. The van der Waals surface area contributed by atoms with Gasteiger partial charge in [-0.25, -0.2) is 4.98 Å². The quantitative estimate of drug-likeness (QED) is 0.892. The van der Waals surface area contributed by atoms with E-state index >= 15 is 0 Å². The summed E-state index contributed by atoms with van der Waals surface area (Å²) in [6.07, 6.45) is 3.49. The first-order valence-electron chi connectivity index (χ1n) is 6.48. The number of nitrogens with zero attached hydrogens (tertiary/aromatic N) is 2. The van der Waals surface area contributed by atoms with Crippen molar-refractivity contribution in [2.24, 2.45) is 0 Å². The number of hydrogen-bond donors (Lipinski definition) is 1. The van der Waals surface area contributed by atoms with E-state index in [0.717, 1.165) is 37.3 Å². The number of ether oxygens (including phenoxy) is 1. The molecule has 4 nitrogen and oxygen atoms in total. The van der Waals surface area contributed by atoms with Gasteiger partial charge in [-0.1, -0.05) is 0 Å². The second-order valence-electron chi connectivity index (χ2n) is 5.30. The molecule has 2 rings (SSSR count). The molecule has 1 aromatic heterocycles. The number of aliphatic hydroxyl groups excluding tert-OH is 1. The molecule has 0 aliphatic carbocycles. The molecule has 2 atom stereocenters. The summed E-state index contributed by atoms with van der Waals surface area (Å²) < 4.78 is 5.59. The first kappa shape index (κ1) is 13.3. The molecule has 1 unspecified atom stereocenters. The van der Waals surface area contributed by atoms with Crippen LogP contribution in [0, 0.1) is 0 Å². The monoisotopic (exact) mass is 250 g/mol. The van der Waals surface area contributed by atoms with Crippen LogP contribution in [0.1, 0.15) is 38.4 Å². The van der Waals surface area contributed by atoms with E-state index in [1.807, 2.05) is 12.1 Å². The minimum absolute atomic E-state index is 0.0965. The molecule has 1 aliphatic rings. The van der Waals surface area contributed by atoms with Crippen molar-refractivity contribution in [3.63, 3.8) is 0 Å². The predicted octanol–water partition coefficient (Wildman–Crippen LogP) is 2.14. The van der Waals surface area contributed by atoms with Crippen molar-refractivity contribution in [3.8, 4) is 0 Å². The van der Waals surface area contributed by atoms with Crippen LogP contribution >= 0.6 is 0 Å². The highest BCUT2D eigenvalue weighted by molar-refractivity contribution is 5.42. The SMILES string of the molecule is COC1(C)CCCN(c2cc([C@H](C)O)ccn2)C1. The Bertz CT molecular complexity index is 409. The van der Waals surface area contributed by atoms with Crippen LogP contribution in [0.5, 0.6) is 0 Å². The molecule has 0 bridgehead atoms. The van der Waals surface area contributed by atoms with E-state index in [1.54, 1.807) is 20.2 Å². The van der Waals surface area contributed by atoms with Crippen molar-refractivity contribution >= 4 is 5.82 Å². The van der Waals surface area contributed by atoms with Crippen LogP contribution in [0.15, 0.2) is 18.3 Å². The summed E-state index contributed by atoms with van der Waals surface area (Å²) in [5, 5.41) is 9.62. The summed E-state index contributed by atoms with van der Waals surface area (Å²) in [6.45, 7) is 5.75. The molecule has 0 amide bonds. The fourth-order valence-electron chi connectivity index (χ4n) is 2.43. The maximum atomic E-state index is 9.62. The lowest BCUT2D eigenvalue weighted by molar-refractivity contribution is -0.00482. The number of methoxy groups -OCH3 is 1. The molecule has 1 aromatic rings. The van der Waals surface area contributed by atoms with Gasteiger partial charge < -0.3 is 14.7 Å². The van der Waals surface area contributed by atoms with Gasteiger partial charge >= 0.3 is 0 Å². The average Bonchev–Trinajstić information content (AvgIpc) is 2.39. The van der Waals surface area contributed by atoms with Gasteiger partial charge in [0, 0.05) is 26.4 Å². The van der Waals surface area contributed by atoms with Gasteiger partial charge in [-0.3, -0.25) is 0 Å². The van der Waals surface area contributed by atoms with Gasteiger partial charge in [0.2, 0.25) is 0 Å². The fourth-order valence-corrected chi connectivity index (χ4v) is 2.43. The van der Waals surface area contributed by atoms with Crippen LogP contribution in [0.3, 0.4) is 0 Å². The first-order chi connectivity index (χ1) is 8.54. The molecule has 2 heterocycles. The van der Waals surface area contributed by atoms with E-state index in [0.29, 0.717) is 0 Å². The normalized spacial score (nSPS) is 26.1. The first-order valence-corrected chi connectivity index (χ1v) is 6.48. The van der Waals surface area contributed by atoms with Crippen molar-refractivity contribution in [1.29, 1.82) is 0 Å². The summed E-state index contributed by atoms with van der Waals surface area (Å²) in [7, 11) is 1.77. The molecule has 1 aliphatic heterocycles. The standard InChI is InChI=1S/C14H22N2O2/c1-11(17)12-5-7-15-13(9-12)16-8-4-6-14(2,10-16)18-3/h5,7,9,11,17H,4,6,8,10H2,1-3H3/t11-,14?/m0/s1. The number of aromatic nitrogens is 1. The Morgan fingerprint density at radius 1 is 1.56 bits per heavy atom. The topological polar surface area (TPSA) is 45.6 Å². The zero-order valence-corrected chi connectivity index (χ0v) is 11.4. The largest absolute Gasteiger partial charge is 0.389 e. The van der Waals surface area contributed by atoms with Crippen LogP contribution in [0.2, 0.25) is 0 Å². The van der Waals surface area contributed by atoms with Crippen LogP contribution in [0.25, 0.3) is 0 Å². The van der Waals surface area contributed by atoms with E-state index in [1.165, 1.54) is 0 Å². The molecule has 1 saturated heterocycles. The Hall–Kier alpha value is -1.13. The van der Waals surface area contributed by atoms with Crippen molar-refractivity contribution in [2.75, 3.05) is 25.1 Å². The van der Waals surface area contributed by atoms with E-state index in [9.17, 15) is 5.11 Å². The lowest BCUT2D eigenvalue weighted by Gasteiger charge is -2.40. The number of hydrogen-bond acceptors (Lipinski definition) is 4. The van der Waals surface area contributed by atoms with Crippen molar-refractivity contribution in [1.82, 2.24) is 4.98 Å². The van der Waals surface area contributed by atoms with Gasteiger partial charge in [-0.2, -0.15) is 0 Å². The molecule has 0 saturated carbocycles. The average molecular weight is 250 g/mol. The smallest absolute Gasteiger partial charge is 0.128 e. The van der Waals surface area contributed by atoms with Crippen molar-refractivity contribution in [2.45, 2.75) is 38.4 Å². The molecule has 1 fully saturated rings.